The molecule has 0 aromatic heterocycles. The van der Waals surface area contributed by atoms with Crippen LogP contribution in [0.15, 0.2) is 48.5 Å². The van der Waals surface area contributed by atoms with Crippen LogP contribution in [0.2, 0.25) is 0 Å². The highest BCUT2D eigenvalue weighted by Gasteiger charge is 2.14. The summed E-state index contributed by atoms with van der Waals surface area (Å²) in [6.07, 6.45) is 0. The Morgan fingerprint density at radius 1 is 0.875 bits per heavy atom. The number of amides is 1. The molecule has 1 N–H and O–H groups in total. The Balaban J connectivity index is 1.84. The lowest BCUT2D eigenvalue weighted by atomic mass is 10.2. The molecule has 0 fully saturated rings. The van der Waals surface area contributed by atoms with Gasteiger partial charge in [-0.1, -0.05) is 24.3 Å². The minimum atomic E-state index is -0.501. The highest BCUT2D eigenvalue weighted by molar-refractivity contribution is 5.97. The molecule has 6 nitrogen and oxygen atoms in total. The van der Waals surface area contributed by atoms with E-state index in [4.69, 9.17) is 14.2 Å². The van der Waals surface area contributed by atoms with Gasteiger partial charge in [-0.3, -0.25) is 4.79 Å². The molecule has 0 spiro atoms. The highest BCUT2D eigenvalue weighted by atomic mass is 16.5. The number of hydrogen-bond acceptors (Lipinski definition) is 5. The van der Waals surface area contributed by atoms with Crippen molar-refractivity contribution in [3.8, 4) is 11.5 Å². The van der Waals surface area contributed by atoms with Gasteiger partial charge >= 0.3 is 5.97 Å². The lowest BCUT2D eigenvalue weighted by Crippen LogP contribution is -2.28. The van der Waals surface area contributed by atoms with E-state index in [1.165, 1.54) is 14.2 Å². The second-order valence-corrected chi connectivity index (χ2v) is 4.79. The van der Waals surface area contributed by atoms with Crippen LogP contribution in [-0.2, 0) is 4.74 Å². The van der Waals surface area contributed by atoms with Gasteiger partial charge in [0.1, 0.15) is 23.7 Å². The number of methoxy groups -OCH3 is 2. The predicted molar refractivity (Wildman–Crippen MR) is 88.6 cm³/mol. The summed E-state index contributed by atoms with van der Waals surface area (Å²) in [5.41, 5.74) is 0.770. The number of esters is 1. The average molecular weight is 329 g/mol. The molecule has 0 bridgehead atoms. The Labute approximate surface area is 140 Å². The van der Waals surface area contributed by atoms with Crippen molar-refractivity contribution in [2.75, 3.05) is 27.4 Å². The zero-order valence-electron chi connectivity index (χ0n) is 13.6. The second kappa shape index (κ2) is 8.57. The van der Waals surface area contributed by atoms with E-state index in [-0.39, 0.29) is 19.1 Å². The summed E-state index contributed by atoms with van der Waals surface area (Å²) >= 11 is 0. The molecule has 2 aromatic carbocycles. The molecule has 6 heteroatoms. The van der Waals surface area contributed by atoms with Gasteiger partial charge in [0.05, 0.1) is 26.3 Å². The van der Waals surface area contributed by atoms with Gasteiger partial charge < -0.3 is 19.5 Å². The summed E-state index contributed by atoms with van der Waals surface area (Å²) in [4.78, 5) is 24.1. The normalized spacial score (nSPS) is 9.92. The first-order chi connectivity index (χ1) is 11.7. The van der Waals surface area contributed by atoms with E-state index < -0.39 is 5.97 Å². The zero-order chi connectivity index (χ0) is 17.4. The molecule has 2 rings (SSSR count). The van der Waals surface area contributed by atoms with E-state index in [1.54, 1.807) is 48.5 Å². The lowest BCUT2D eigenvalue weighted by molar-refractivity contribution is 0.0499. The summed E-state index contributed by atoms with van der Waals surface area (Å²) in [7, 11) is 2.99. The highest BCUT2D eigenvalue weighted by Crippen LogP contribution is 2.18. The van der Waals surface area contributed by atoms with Crippen molar-refractivity contribution in [1.82, 2.24) is 5.32 Å². The molecule has 2 aromatic rings. The minimum absolute atomic E-state index is 0.0533. The fraction of sp³-hybridized carbons (Fsp3) is 0.222. The van der Waals surface area contributed by atoms with Gasteiger partial charge in [-0.05, 0) is 24.3 Å². The number of hydrogen-bond donors (Lipinski definition) is 1. The molecular weight excluding hydrogens is 310 g/mol. The van der Waals surface area contributed by atoms with Crippen LogP contribution in [0.5, 0.6) is 11.5 Å². The lowest BCUT2D eigenvalue weighted by Gasteiger charge is -2.10. The van der Waals surface area contributed by atoms with Crippen molar-refractivity contribution in [2.45, 2.75) is 0 Å². The van der Waals surface area contributed by atoms with Gasteiger partial charge in [0.15, 0.2) is 0 Å². The first-order valence-corrected chi connectivity index (χ1v) is 7.38. The van der Waals surface area contributed by atoms with Crippen molar-refractivity contribution in [3.63, 3.8) is 0 Å². The summed E-state index contributed by atoms with van der Waals surface area (Å²) in [5.74, 6) is 0.140. The number of rotatable bonds is 7. The molecule has 126 valence electrons. The van der Waals surface area contributed by atoms with Crippen LogP contribution >= 0.6 is 0 Å². The molecule has 0 unspecified atom stereocenters. The van der Waals surface area contributed by atoms with Gasteiger partial charge in [0.2, 0.25) is 0 Å². The monoisotopic (exact) mass is 329 g/mol. The predicted octanol–water partition coefficient (Wildman–Crippen LogP) is 2.29. The number of nitrogens with one attached hydrogen (secondary N) is 1. The van der Waals surface area contributed by atoms with Gasteiger partial charge in [0.25, 0.3) is 5.91 Å². The third kappa shape index (κ3) is 4.25. The molecule has 0 saturated heterocycles. The van der Waals surface area contributed by atoms with Gasteiger partial charge in [-0.25, -0.2) is 4.79 Å². The van der Waals surface area contributed by atoms with E-state index in [1.807, 2.05) is 0 Å². The molecule has 0 saturated carbocycles. The third-order valence-electron chi connectivity index (χ3n) is 3.30. The largest absolute Gasteiger partial charge is 0.496 e. The third-order valence-corrected chi connectivity index (χ3v) is 3.30. The van der Waals surface area contributed by atoms with Crippen LogP contribution in [0.25, 0.3) is 0 Å². The van der Waals surface area contributed by atoms with Crippen LogP contribution in [0, 0.1) is 0 Å². The molecule has 0 aliphatic rings. The number of ether oxygens (including phenoxy) is 3. The van der Waals surface area contributed by atoms with Crippen LogP contribution in [-0.4, -0.2) is 39.2 Å². The van der Waals surface area contributed by atoms with Crippen molar-refractivity contribution in [3.05, 3.63) is 59.7 Å². The quantitative estimate of drug-likeness (QED) is 0.623. The Bertz CT molecular complexity index is 653. The molecule has 0 aliphatic carbocycles. The number of benzene rings is 2. The Hall–Kier alpha value is -3.02. The fourth-order valence-electron chi connectivity index (χ4n) is 2.13. The van der Waals surface area contributed by atoms with Crippen molar-refractivity contribution >= 4 is 11.9 Å². The molecule has 0 heterocycles. The second-order valence-electron chi connectivity index (χ2n) is 4.79. The van der Waals surface area contributed by atoms with Gasteiger partial charge in [0, 0.05) is 0 Å². The number of para-hydroxylation sites is 2. The van der Waals surface area contributed by atoms with Crippen LogP contribution in [0.1, 0.15) is 20.7 Å². The SMILES string of the molecule is COc1ccccc1C(=O)NCCOC(=O)c1ccccc1OC. The van der Waals surface area contributed by atoms with Crippen molar-refractivity contribution in [2.24, 2.45) is 0 Å². The maximum atomic E-state index is 12.1. The Morgan fingerprint density at radius 2 is 1.42 bits per heavy atom. The summed E-state index contributed by atoms with van der Waals surface area (Å²) < 4.78 is 15.4. The average Bonchev–Trinajstić information content (AvgIpc) is 2.64. The maximum absolute atomic E-state index is 12.1. The fourth-order valence-corrected chi connectivity index (χ4v) is 2.13. The smallest absolute Gasteiger partial charge is 0.341 e. The van der Waals surface area contributed by atoms with Gasteiger partial charge in [-0.2, -0.15) is 0 Å². The van der Waals surface area contributed by atoms with Crippen LogP contribution in [0.3, 0.4) is 0 Å². The molecular formula is C18H19NO5. The summed E-state index contributed by atoms with van der Waals surface area (Å²) in [5, 5.41) is 2.68. The molecule has 0 atom stereocenters. The standard InChI is InChI=1S/C18H19NO5/c1-22-15-9-5-3-7-13(15)17(20)19-11-12-24-18(21)14-8-4-6-10-16(14)23-2/h3-10H,11-12H2,1-2H3,(H,19,20). The number of carbonyl (C=O) groups is 2. The molecule has 0 radical (unpaired) electrons. The van der Waals surface area contributed by atoms with E-state index in [0.717, 1.165) is 0 Å². The Kier molecular flexibility index (Phi) is 6.19. The summed E-state index contributed by atoms with van der Waals surface area (Å²) in [6.45, 7) is 0.246. The van der Waals surface area contributed by atoms with E-state index in [2.05, 4.69) is 5.32 Å². The molecule has 0 aliphatic heterocycles. The van der Waals surface area contributed by atoms with Crippen LogP contribution in [0.4, 0.5) is 0 Å². The van der Waals surface area contributed by atoms with E-state index in [0.29, 0.717) is 22.6 Å². The zero-order valence-corrected chi connectivity index (χ0v) is 13.6. The first kappa shape index (κ1) is 17.3. The first-order valence-electron chi connectivity index (χ1n) is 7.38. The number of carbonyl (C=O) groups excluding carboxylic acids is 2. The van der Waals surface area contributed by atoms with Crippen molar-refractivity contribution in [1.29, 1.82) is 0 Å². The van der Waals surface area contributed by atoms with E-state index >= 15 is 0 Å². The summed E-state index contributed by atoms with van der Waals surface area (Å²) in [6, 6.07) is 13.7. The van der Waals surface area contributed by atoms with Crippen LogP contribution < -0.4 is 14.8 Å². The van der Waals surface area contributed by atoms with E-state index in [9.17, 15) is 9.59 Å². The van der Waals surface area contributed by atoms with Crippen molar-refractivity contribution < 1.29 is 23.8 Å². The topological polar surface area (TPSA) is 73.9 Å². The molecule has 1 amide bonds. The Morgan fingerprint density at radius 3 is 2.04 bits per heavy atom. The molecule has 24 heavy (non-hydrogen) atoms. The van der Waals surface area contributed by atoms with Gasteiger partial charge in [-0.15, -0.1) is 0 Å². The minimum Gasteiger partial charge on any atom is -0.496 e. The maximum Gasteiger partial charge on any atom is 0.341 e.